The van der Waals surface area contributed by atoms with Crippen molar-refractivity contribution in [3.8, 4) is 5.75 Å². The van der Waals surface area contributed by atoms with Crippen LogP contribution in [0.3, 0.4) is 0 Å². The standard InChI is InChI=1S/C20H21Cl2NO4/c1-3-26-20(25)14(2)23(12-15-7-5-4-6-8-15)19(24)13-27-18-10-9-16(21)11-17(18)22/h4-11,14H,3,12-13H2,1-2H3. The molecule has 7 heteroatoms. The van der Waals surface area contributed by atoms with Gasteiger partial charge in [0.1, 0.15) is 11.8 Å². The lowest BCUT2D eigenvalue weighted by Crippen LogP contribution is -2.45. The number of nitrogens with zero attached hydrogens (tertiary/aromatic N) is 1. The summed E-state index contributed by atoms with van der Waals surface area (Å²) in [7, 11) is 0. The molecule has 0 aliphatic carbocycles. The van der Waals surface area contributed by atoms with Gasteiger partial charge in [0.05, 0.1) is 11.6 Å². The van der Waals surface area contributed by atoms with Crippen molar-refractivity contribution >= 4 is 35.1 Å². The van der Waals surface area contributed by atoms with Crippen LogP contribution in [0.4, 0.5) is 0 Å². The van der Waals surface area contributed by atoms with E-state index in [-0.39, 0.29) is 25.7 Å². The van der Waals surface area contributed by atoms with Crippen LogP contribution in [0.5, 0.6) is 5.75 Å². The van der Waals surface area contributed by atoms with Crippen LogP contribution >= 0.6 is 23.2 Å². The quantitative estimate of drug-likeness (QED) is 0.607. The van der Waals surface area contributed by atoms with Crippen molar-refractivity contribution in [1.82, 2.24) is 4.90 Å². The smallest absolute Gasteiger partial charge is 0.328 e. The average Bonchev–Trinajstić information content (AvgIpc) is 2.65. The number of ether oxygens (including phenoxy) is 2. The van der Waals surface area contributed by atoms with Gasteiger partial charge in [0.15, 0.2) is 6.61 Å². The topological polar surface area (TPSA) is 55.8 Å². The molecule has 0 spiro atoms. The van der Waals surface area contributed by atoms with E-state index in [9.17, 15) is 9.59 Å². The number of halogens is 2. The number of carbonyl (C=O) groups excluding carboxylic acids is 2. The fourth-order valence-corrected chi connectivity index (χ4v) is 2.89. The zero-order valence-corrected chi connectivity index (χ0v) is 16.7. The minimum absolute atomic E-state index is 0.243. The van der Waals surface area contributed by atoms with Crippen LogP contribution in [0.25, 0.3) is 0 Å². The van der Waals surface area contributed by atoms with Crippen LogP contribution in [0.2, 0.25) is 10.0 Å². The summed E-state index contributed by atoms with van der Waals surface area (Å²) in [6.45, 7) is 3.59. The van der Waals surface area contributed by atoms with Crippen molar-refractivity contribution in [3.63, 3.8) is 0 Å². The molecule has 0 heterocycles. The van der Waals surface area contributed by atoms with E-state index in [1.807, 2.05) is 30.3 Å². The molecule has 1 amide bonds. The van der Waals surface area contributed by atoms with E-state index < -0.39 is 12.0 Å². The fraction of sp³-hybridized carbons (Fsp3) is 0.300. The molecule has 2 aromatic rings. The number of rotatable bonds is 8. The van der Waals surface area contributed by atoms with Crippen LogP contribution in [0.1, 0.15) is 19.4 Å². The van der Waals surface area contributed by atoms with Gasteiger partial charge in [-0.05, 0) is 37.6 Å². The Labute approximate surface area is 168 Å². The summed E-state index contributed by atoms with van der Waals surface area (Å²) in [5.74, 6) is -0.477. The SMILES string of the molecule is CCOC(=O)C(C)N(Cc1ccccc1)C(=O)COc1ccc(Cl)cc1Cl. The molecule has 1 unspecified atom stereocenters. The molecule has 27 heavy (non-hydrogen) atoms. The molecule has 0 aromatic heterocycles. The van der Waals surface area contributed by atoms with Gasteiger partial charge in [-0.15, -0.1) is 0 Å². The second-order valence-electron chi connectivity index (χ2n) is 5.80. The third-order valence-corrected chi connectivity index (χ3v) is 4.39. The number of amides is 1. The lowest BCUT2D eigenvalue weighted by molar-refractivity contribution is -0.155. The number of esters is 1. The van der Waals surface area contributed by atoms with Crippen LogP contribution in [0.15, 0.2) is 48.5 Å². The Bertz CT molecular complexity index is 783. The van der Waals surface area contributed by atoms with E-state index >= 15 is 0 Å². The first kappa shape index (κ1) is 21.1. The van der Waals surface area contributed by atoms with Crippen LogP contribution in [-0.4, -0.2) is 36.0 Å². The predicted octanol–water partition coefficient (Wildman–Crippen LogP) is 4.35. The van der Waals surface area contributed by atoms with Gasteiger partial charge in [0.2, 0.25) is 0 Å². The van der Waals surface area contributed by atoms with Crippen molar-refractivity contribution in [2.45, 2.75) is 26.4 Å². The van der Waals surface area contributed by atoms with Gasteiger partial charge < -0.3 is 14.4 Å². The number of hydrogen-bond acceptors (Lipinski definition) is 4. The Kier molecular flexibility index (Phi) is 7.95. The number of benzene rings is 2. The van der Waals surface area contributed by atoms with Crippen LogP contribution in [-0.2, 0) is 20.9 Å². The van der Waals surface area contributed by atoms with Crippen molar-refractivity contribution in [1.29, 1.82) is 0 Å². The van der Waals surface area contributed by atoms with Gasteiger partial charge in [-0.3, -0.25) is 4.79 Å². The summed E-state index contributed by atoms with van der Waals surface area (Å²) in [5, 5.41) is 0.781. The third-order valence-electron chi connectivity index (χ3n) is 3.86. The highest BCUT2D eigenvalue weighted by Crippen LogP contribution is 2.27. The normalized spacial score (nSPS) is 11.6. The van der Waals surface area contributed by atoms with Gasteiger partial charge >= 0.3 is 5.97 Å². The first-order valence-electron chi connectivity index (χ1n) is 8.50. The summed E-state index contributed by atoms with van der Waals surface area (Å²) in [6.07, 6.45) is 0. The summed E-state index contributed by atoms with van der Waals surface area (Å²) in [6, 6.07) is 13.4. The Balaban J connectivity index is 2.13. The van der Waals surface area contributed by atoms with Gasteiger partial charge in [-0.25, -0.2) is 4.79 Å². The van der Waals surface area contributed by atoms with E-state index in [1.165, 1.54) is 11.0 Å². The van der Waals surface area contributed by atoms with Crippen molar-refractivity contribution in [2.24, 2.45) is 0 Å². The van der Waals surface area contributed by atoms with Gasteiger partial charge in [0, 0.05) is 11.6 Å². The maximum absolute atomic E-state index is 12.8. The van der Waals surface area contributed by atoms with E-state index in [4.69, 9.17) is 32.7 Å². The largest absolute Gasteiger partial charge is 0.482 e. The van der Waals surface area contributed by atoms with Gasteiger partial charge in [-0.1, -0.05) is 53.5 Å². The Morgan fingerprint density at radius 1 is 1.11 bits per heavy atom. The maximum Gasteiger partial charge on any atom is 0.328 e. The lowest BCUT2D eigenvalue weighted by atomic mass is 10.2. The monoisotopic (exact) mass is 409 g/mol. The van der Waals surface area contributed by atoms with Crippen LogP contribution in [0, 0.1) is 0 Å². The molecule has 0 radical (unpaired) electrons. The van der Waals surface area contributed by atoms with Gasteiger partial charge in [0.25, 0.3) is 5.91 Å². The number of carbonyl (C=O) groups is 2. The zero-order chi connectivity index (χ0) is 19.8. The second-order valence-corrected chi connectivity index (χ2v) is 6.64. The lowest BCUT2D eigenvalue weighted by Gasteiger charge is -2.28. The van der Waals surface area contributed by atoms with E-state index in [2.05, 4.69) is 0 Å². The molecule has 0 N–H and O–H groups in total. The molecular weight excluding hydrogens is 389 g/mol. The zero-order valence-electron chi connectivity index (χ0n) is 15.2. The van der Waals surface area contributed by atoms with Gasteiger partial charge in [-0.2, -0.15) is 0 Å². The van der Waals surface area contributed by atoms with Crippen LogP contribution < -0.4 is 4.74 Å². The minimum atomic E-state index is -0.748. The summed E-state index contributed by atoms with van der Waals surface area (Å²) in [5.41, 5.74) is 0.895. The highest BCUT2D eigenvalue weighted by Gasteiger charge is 2.27. The molecule has 0 bridgehead atoms. The van der Waals surface area contributed by atoms with Crippen molar-refractivity contribution in [2.75, 3.05) is 13.2 Å². The summed E-state index contributed by atoms with van der Waals surface area (Å²) >= 11 is 11.9. The molecule has 0 fully saturated rings. The molecule has 0 aliphatic heterocycles. The average molecular weight is 410 g/mol. The molecule has 0 aliphatic rings. The highest BCUT2D eigenvalue weighted by atomic mass is 35.5. The highest BCUT2D eigenvalue weighted by molar-refractivity contribution is 6.35. The minimum Gasteiger partial charge on any atom is -0.482 e. The Morgan fingerprint density at radius 3 is 2.44 bits per heavy atom. The van der Waals surface area contributed by atoms with Crippen molar-refractivity contribution < 1.29 is 19.1 Å². The molecule has 2 rings (SSSR count). The molecular formula is C20H21Cl2NO4. The fourth-order valence-electron chi connectivity index (χ4n) is 2.43. The van der Waals surface area contributed by atoms with E-state index in [0.29, 0.717) is 15.8 Å². The predicted molar refractivity (Wildman–Crippen MR) is 105 cm³/mol. The van der Waals surface area contributed by atoms with E-state index in [1.54, 1.807) is 26.0 Å². The first-order valence-corrected chi connectivity index (χ1v) is 9.25. The first-order chi connectivity index (χ1) is 12.9. The molecule has 0 saturated heterocycles. The summed E-state index contributed by atoms with van der Waals surface area (Å²) < 4.78 is 10.6. The Hall–Kier alpha value is -2.24. The number of hydrogen-bond donors (Lipinski definition) is 0. The molecule has 1 atom stereocenters. The molecule has 144 valence electrons. The third kappa shape index (κ3) is 6.15. The summed E-state index contributed by atoms with van der Waals surface area (Å²) in [4.78, 5) is 26.4. The maximum atomic E-state index is 12.8. The Morgan fingerprint density at radius 2 is 1.81 bits per heavy atom. The van der Waals surface area contributed by atoms with Crippen molar-refractivity contribution in [3.05, 3.63) is 64.1 Å². The molecule has 2 aromatic carbocycles. The molecule has 0 saturated carbocycles. The second kappa shape index (κ2) is 10.2. The molecule has 5 nitrogen and oxygen atoms in total. The van der Waals surface area contributed by atoms with E-state index in [0.717, 1.165) is 5.56 Å².